The van der Waals surface area contributed by atoms with Crippen LogP contribution in [0.1, 0.15) is 35.1 Å². The maximum Gasteiger partial charge on any atom is 0.144 e. The molecule has 3 aromatic rings. The van der Waals surface area contributed by atoms with Crippen molar-refractivity contribution in [2.45, 2.75) is 32.1 Å². The van der Waals surface area contributed by atoms with Crippen LogP contribution in [0.3, 0.4) is 0 Å². The predicted octanol–water partition coefficient (Wildman–Crippen LogP) is 6.75. The van der Waals surface area contributed by atoms with Crippen molar-refractivity contribution >= 4 is 5.78 Å². The van der Waals surface area contributed by atoms with Gasteiger partial charge in [0.1, 0.15) is 5.78 Å². The molecule has 32 heavy (non-hydrogen) atoms. The van der Waals surface area contributed by atoms with Gasteiger partial charge in [-0.25, -0.2) is 0 Å². The van der Waals surface area contributed by atoms with Crippen molar-refractivity contribution in [2.24, 2.45) is 17.8 Å². The van der Waals surface area contributed by atoms with Crippen molar-refractivity contribution in [3.8, 4) is 0 Å². The van der Waals surface area contributed by atoms with Crippen LogP contribution in [0.15, 0.2) is 109 Å². The molecule has 0 heterocycles. The minimum atomic E-state index is -0.0234. The zero-order valence-corrected chi connectivity index (χ0v) is 18.7. The first-order valence-corrected chi connectivity index (χ1v) is 11.8. The molecule has 0 radical (unpaired) electrons. The number of Topliss-reactive ketones (excluding diaryl/α,β-unsaturated/α-hetero) is 1. The number of hydrogen-bond acceptors (Lipinski definition) is 1. The fraction of sp³-hybridized carbons (Fsp3) is 0.258. The largest absolute Gasteiger partial charge is 0.299 e. The molecule has 2 aliphatic rings. The summed E-state index contributed by atoms with van der Waals surface area (Å²) in [5.41, 5.74) is 6.44. The van der Waals surface area contributed by atoms with Gasteiger partial charge in [0.25, 0.3) is 0 Å². The minimum Gasteiger partial charge on any atom is -0.299 e. The number of allylic oxidation sites excluding steroid dienone is 4. The van der Waals surface area contributed by atoms with Gasteiger partial charge in [-0.05, 0) is 47.4 Å². The van der Waals surface area contributed by atoms with E-state index in [9.17, 15) is 4.79 Å². The molecule has 1 fully saturated rings. The van der Waals surface area contributed by atoms with Crippen LogP contribution < -0.4 is 0 Å². The lowest BCUT2D eigenvalue weighted by Gasteiger charge is -2.27. The Morgan fingerprint density at radius 1 is 0.750 bits per heavy atom. The van der Waals surface area contributed by atoms with Crippen molar-refractivity contribution in [2.75, 3.05) is 0 Å². The first-order valence-electron chi connectivity index (χ1n) is 11.8. The molecule has 0 N–H and O–H groups in total. The Balaban J connectivity index is 1.48. The Hall–Kier alpha value is -3.19. The highest BCUT2D eigenvalue weighted by Crippen LogP contribution is 2.51. The summed E-state index contributed by atoms with van der Waals surface area (Å²) in [6, 6.07) is 30.0. The van der Waals surface area contributed by atoms with Crippen LogP contribution in [-0.4, -0.2) is 5.78 Å². The van der Waals surface area contributed by atoms with E-state index >= 15 is 0 Å². The first-order chi connectivity index (χ1) is 15.7. The van der Waals surface area contributed by atoms with E-state index in [1.54, 1.807) is 0 Å². The van der Waals surface area contributed by atoms with Gasteiger partial charge < -0.3 is 0 Å². The summed E-state index contributed by atoms with van der Waals surface area (Å²) in [6.07, 6.45) is 9.37. The molecule has 0 amide bonds. The second-order valence-electron chi connectivity index (χ2n) is 9.16. The Kier molecular flexibility index (Phi) is 5.90. The van der Waals surface area contributed by atoms with E-state index in [0.29, 0.717) is 5.78 Å². The maximum atomic E-state index is 14.0. The van der Waals surface area contributed by atoms with E-state index in [1.165, 1.54) is 27.8 Å². The molecule has 4 atom stereocenters. The zero-order chi connectivity index (χ0) is 21.9. The molecule has 0 spiro atoms. The first kappa shape index (κ1) is 20.7. The molecule has 4 unspecified atom stereocenters. The molecule has 0 aromatic heterocycles. The highest BCUT2D eigenvalue weighted by atomic mass is 16.1. The van der Waals surface area contributed by atoms with E-state index in [4.69, 9.17) is 0 Å². The SMILES string of the molecule is CCc1ccc(CC2=CC=CC3C2C(=O)C(Cc2ccccc2)C3c2ccccc2)cc1. The van der Waals surface area contributed by atoms with Crippen LogP contribution >= 0.6 is 0 Å². The molecule has 1 nitrogen and oxygen atoms in total. The lowest BCUT2D eigenvalue weighted by Crippen LogP contribution is -2.22. The molecule has 1 saturated carbocycles. The monoisotopic (exact) mass is 418 g/mol. The topological polar surface area (TPSA) is 17.1 Å². The lowest BCUT2D eigenvalue weighted by molar-refractivity contribution is -0.123. The number of ketones is 1. The molecule has 0 saturated heterocycles. The van der Waals surface area contributed by atoms with Crippen LogP contribution in [0.5, 0.6) is 0 Å². The Bertz CT molecular complexity index is 1120. The van der Waals surface area contributed by atoms with Gasteiger partial charge >= 0.3 is 0 Å². The van der Waals surface area contributed by atoms with Crippen molar-refractivity contribution < 1.29 is 4.79 Å². The smallest absolute Gasteiger partial charge is 0.144 e. The van der Waals surface area contributed by atoms with Gasteiger partial charge in [-0.1, -0.05) is 116 Å². The van der Waals surface area contributed by atoms with E-state index < -0.39 is 0 Å². The molecular weight excluding hydrogens is 388 g/mol. The average molecular weight is 419 g/mol. The molecule has 2 aliphatic carbocycles. The summed E-state index contributed by atoms with van der Waals surface area (Å²) in [5, 5.41) is 0. The van der Waals surface area contributed by atoms with Gasteiger partial charge in [-0.3, -0.25) is 4.79 Å². The maximum absolute atomic E-state index is 14.0. The van der Waals surface area contributed by atoms with Crippen molar-refractivity contribution in [1.29, 1.82) is 0 Å². The Morgan fingerprint density at radius 2 is 1.41 bits per heavy atom. The summed E-state index contributed by atoms with van der Waals surface area (Å²) in [4.78, 5) is 14.0. The fourth-order valence-corrected chi connectivity index (χ4v) is 5.67. The third-order valence-electron chi connectivity index (χ3n) is 7.27. The van der Waals surface area contributed by atoms with E-state index in [0.717, 1.165) is 19.3 Å². The Morgan fingerprint density at radius 3 is 2.09 bits per heavy atom. The fourth-order valence-electron chi connectivity index (χ4n) is 5.67. The summed E-state index contributed by atoms with van der Waals surface area (Å²) >= 11 is 0. The normalized spacial score (nSPS) is 24.3. The predicted molar refractivity (Wildman–Crippen MR) is 132 cm³/mol. The highest BCUT2D eigenvalue weighted by molar-refractivity contribution is 5.91. The molecule has 5 rings (SSSR count). The van der Waals surface area contributed by atoms with Gasteiger partial charge in [0.2, 0.25) is 0 Å². The minimum absolute atomic E-state index is 0.00316. The number of fused-ring (bicyclic) bond motifs is 1. The van der Waals surface area contributed by atoms with Gasteiger partial charge in [-0.15, -0.1) is 0 Å². The van der Waals surface area contributed by atoms with Crippen LogP contribution in [0.2, 0.25) is 0 Å². The number of aryl methyl sites for hydroxylation is 1. The van der Waals surface area contributed by atoms with Crippen LogP contribution in [0.4, 0.5) is 0 Å². The van der Waals surface area contributed by atoms with E-state index in [2.05, 4.69) is 104 Å². The van der Waals surface area contributed by atoms with Crippen molar-refractivity contribution in [3.05, 3.63) is 131 Å². The van der Waals surface area contributed by atoms with Gasteiger partial charge in [0, 0.05) is 17.8 Å². The highest BCUT2D eigenvalue weighted by Gasteiger charge is 2.50. The van der Waals surface area contributed by atoms with Gasteiger partial charge in [-0.2, -0.15) is 0 Å². The lowest BCUT2D eigenvalue weighted by atomic mass is 9.76. The van der Waals surface area contributed by atoms with E-state index in [1.807, 2.05) is 6.07 Å². The summed E-state index contributed by atoms with van der Waals surface area (Å²) in [6.45, 7) is 2.18. The third kappa shape index (κ3) is 4.00. The number of carbonyl (C=O) groups excluding carboxylic acids is 1. The van der Waals surface area contributed by atoms with Crippen LogP contribution in [-0.2, 0) is 24.1 Å². The second-order valence-corrected chi connectivity index (χ2v) is 9.16. The molecule has 3 aromatic carbocycles. The molecule has 160 valence electrons. The van der Waals surface area contributed by atoms with Gasteiger partial charge in [0.15, 0.2) is 0 Å². The van der Waals surface area contributed by atoms with Crippen LogP contribution in [0.25, 0.3) is 0 Å². The molecule has 1 heteroatoms. The second kappa shape index (κ2) is 9.12. The number of carbonyl (C=O) groups is 1. The standard InChI is InChI=1S/C31H30O/c1-2-22-16-18-24(19-17-22)20-26-14-9-15-27-29(25-12-7-4-8-13-25)28(31(32)30(26)27)21-23-10-5-3-6-11-23/h3-19,27-30H,2,20-21H2,1H3. The molecule has 0 aliphatic heterocycles. The van der Waals surface area contributed by atoms with Gasteiger partial charge in [0.05, 0.1) is 0 Å². The van der Waals surface area contributed by atoms with Crippen molar-refractivity contribution in [1.82, 2.24) is 0 Å². The van der Waals surface area contributed by atoms with E-state index in [-0.39, 0.29) is 23.7 Å². The number of hydrogen-bond donors (Lipinski definition) is 0. The summed E-state index contributed by atoms with van der Waals surface area (Å²) in [7, 11) is 0. The zero-order valence-electron chi connectivity index (χ0n) is 18.7. The van der Waals surface area contributed by atoms with Crippen LogP contribution in [0, 0.1) is 17.8 Å². The molecular formula is C31H30O. The molecule has 0 bridgehead atoms. The Labute approximate surface area is 191 Å². The average Bonchev–Trinajstić information content (AvgIpc) is 3.13. The van der Waals surface area contributed by atoms with Crippen molar-refractivity contribution in [3.63, 3.8) is 0 Å². The number of rotatable bonds is 6. The quantitative estimate of drug-likeness (QED) is 0.433. The summed E-state index contributed by atoms with van der Waals surface area (Å²) < 4.78 is 0. The third-order valence-corrected chi connectivity index (χ3v) is 7.27. The summed E-state index contributed by atoms with van der Waals surface area (Å²) in [5.74, 6) is 0.839. The number of benzene rings is 3.